The summed E-state index contributed by atoms with van der Waals surface area (Å²) in [6.45, 7) is 4.60. The van der Waals surface area contributed by atoms with E-state index in [0.717, 1.165) is 0 Å². The van der Waals surface area contributed by atoms with Crippen LogP contribution < -0.4 is 5.32 Å². The third-order valence-electron chi connectivity index (χ3n) is 1.98. The first kappa shape index (κ1) is 19.1. The van der Waals surface area contributed by atoms with Gasteiger partial charge in [-0.15, -0.1) is 0 Å². The summed E-state index contributed by atoms with van der Waals surface area (Å²) >= 11 is 0. The molecular weight excluding hydrogens is 289 g/mol. The van der Waals surface area contributed by atoms with Crippen molar-refractivity contribution in [3.05, 3.63) is 0 Å². The van der Waals surface area contributed by atoms with E-state index in [-0.39, 0.29) is 31.6 Å². The summed E-state index contributed by atoms with van der Waals surface area (Å²) in [4.78, 5) is 21.4. The summed E-state index contributed by atoms with van der Waals surface area (Å²) in [5.74, 6) is -0.105. The van der Waals surface area contributed by atoms with E-state index in [1.165, 1.54) is 7.11 Å². The van der Waals surface area contributed by atoms with Gasteiger partial charge in [0.15, 0.2) is 0 Å². The molecule has 0 aromatic carbocycles. The smallest absolute Gasteiger partial charge is 0.450 e. The number of carbonyl (C=O) groups excluding carboxylic acids is 1. The maximum Gasteiger partial charge on any atom is 0.505 e. The molecule has 0 bridgehead atoms. The van der Waals surface area contributed by atoms with Crippen LogP contribution in [-0.2, 0) is 23.1 Å². The quantitative estimate of drug-likeness (QED) is 0.340. The monoisotopic (exact) mass is 311 g/mol. The molecule has 1 amide bonds. The summed E-state index contributed by atoms with van der Waals surface area (Å²) < 4.78 is 19.9. The van der Waals surface area contributed by atoms with Crippen LogP contribution in [0.1, 0.15) is 20.3 Å². The van der Waals surface area contributed by atoms with Gasteiger partial charge >= 0.3 is 14.8 Å². The molecule has 0 aliphatic carbocycles. The van der Waals surface area contributed by atoms with Crippen LogP contribution in [0.2, 0.25) is 0 Å². The third kappa shape index (κ3) is 10.9. The van der Waals surface area contributed by atoms with Gasteiger partial charge < -0.3 is 28.7 Å². The molecule has 1 atom stereocenters. The number of nitrogens with one attached hydrogen (secondary N) is 1. The number of hydrogen-bond donors (Lipinski definition) is 2. The molecule has 2 N–H and O–H groups in total. The second-order valence-electron chi connectivity index (χ2n) is 3.99. The molecule has 8 nitrogen and oxygen atoms in total. The predicted molar refractivity (Wildman–Crippen MR) is 72.3 cm³/mol. The summed E-state index contributed by atoms with van der Waals surface area (Å²) in [5.41, 5.74) is 0. The van der Waals surface area contributed by atoms with Crippen molar-refractivity contribution in [1.82, 2.24) is 5.32 Å². The van der Waals surface area contributed by atoms with E-state index in [1.54, 1.807) is 13.8 Å². The van der Waals surface area contributed by atoms with Gasteiger partial charge in [-0.3, -0.25) is 4.79 Å². The summed E-state index contributed by atoms with van der Waals surface area (Å²) in [7, 11) is -0.0403. The zero-order valence-corrected chi connectivity index (χ0v) is 12.9. The molecule has 9 heteroatoms. The van der Waals surface area contributed by atoms with E-state index in [4.69, 9.17) is 18.7 Å². The average Bonchev–Trinajstić information content (AvgIpc) is 2.39. The van der Waals surface area contributed by atoms with Crippen LogP contribution in [0.3, 0.4) is 0 Å². The Morgan fingerprint density at radius 3 is 2.40 bits per heavy atom. The Bertz CT molecular complexity index is 288. The van der Waals surface area contributed by atoms with Crippen molar-refractivity contribution in [2.75, 3.05) is 33.5 Å². The van der Waals surface area contributed by atoms with Gasteiger partial charge in [-0.2, -0.15) is 0 Å². The van der Waals surface area contributed by atoms with Crippen LogP contribution in [0.5, 0.6) is 0 Å². The minimum Gasteiger partial charge on any atom is -0.450 e. The predicted octanol–water partition coefficient (Wildman–Crippen LogP) is 1.75. The SMILES string of the molecule is COP(OCCCOC(=O)O)OCCNC(=O)C(C)C. The van der Waals surface area contributed by atoms with Gasteiger partial charge in [0.25, 0.3) is 0 Å². The lowest BCUT2D eigenvalue weighted by atomic mass is 10.2. The first-order valence-electron chi connectivity index (χ1n) is 6.20. The standard InChI is InChI=1S/C11H22NO7P/c1-9(2)10(13)12-5-8-19-20(16-3)18-7-4-6-17-11(14)15/h9H,4-8H2,1-3H3,(H,12,13)(H,14,15). The van der Waals surface area contributed by atoms with Crippen molar-refractivity contribution in [2.45, 2.75) is 20.3 Å². The number of carboxylic acid groups (broad SMARTS) is 1. The number of rotatable bonds is 11. The van der Waals surface area contributed by atoms with Crippen molar-refractivity contribution in [1.29, 1.82) is 0 Å². The lowest BCUT2D eigenvalue weighted by Gasteiger charge is -2.15. The van der Waals surface area contributed by atoms with Crippen molar-refractivity contribution in [3.63, 3.8) is 0 Å². The Hall–Kier alpha value is -0.950. The molecule has 0 spiro atoms. The van der Waals surface area contributed by atoms with E-state index < -0.39 is 14.8 Å². The van der Waals surface area contributed by atoms with E-state index in [1.807, 2.05) is 0 Å². The van der Waals surface area contributed by atoms with Gasteiger partial charge in [-0.1, -0.05) is 13.8 Å². The molecule has 0 radical (unpaired) electrons. The van der Waals surface area contributed by atoms with Crippen LogP contribution in [0, 0.1) is 5.92 Å². The van der Waals surface area contributed by atoms with Gasteiger partial charge in [0.2, 0.25) is 5.91 Å². The average molecular weight is 311 g/mol. The van der Waals surface area contributed by atoms with Gasteiger partial charge in [0.1, 0.15) is 0 Å². The van der Waals surface area contributed by atoms with E-state index in [0.29, 0.717) is 13.0 Å². The first-order chi connectivity index (χ1) is 9.47. The zero-order valence-electron chi connectivity index (χ0n) is 12.0. The van der Waals surface area contributed by atoms with E-state index >= 15 is 0 Å². The highest BCUT2D eigenvalue weighted by atomic mass is 31.2. The number of ether oxygens (including phenoxy) is 1. The lowest BCUT2D eigenvalue weighted by molar-refractivity contribution is -0.124. The van der Waals surface area contributed by atoms with Gasteiger partial charge in [-0.05, 0) is 0 Å². The molecule has 0 aromatic heterocycles. The Morgan fingerprint density at radius 2 is 1.85 bits per heavy atom. The number of hydrogen-bond acceptors (Lipinski definition) is 6. The minimum atomic E-state index is -1.49. The largest absolute Gasteiger partial charge is 0.505 e. The summed E-state index contributed by atoms with van der Waals surface area (Å²) in [6, 6.07) is 0. The molecule has 1 unspecified atom stereocenters. The van der Waals surface area contributed by atoms with Gasteiger partial charge in [0.05, 0.1) is 19.8 Å². The zero-order chi connectivity index (χ0) is 15.4. The molecule has 0 heterocycles. The highest BCUT2D eigenvalue weighted by Gasteiger charge is 2.11. The molecular formula is C11H22NO7P. The normalized spacial score (nSPS) is 12.2. The van der Waals surface area contributed by atoms with E-state index in [2.05, 4.69) is 10.1 Å². The van der Waals surface area contributed by atoms with Crippen molar-refractivity contribution in [3.8, 4) is 0 Å². The first-order valence-corrected chi connectivity index (χ1v) is 7.30. The van der Waals surface area contributed by atoms with Crippen LogP contribution in [0.25, 0.3) is 0 Å². The third-order valence-corrected chi connectivity index (χ3v) is 3.07. The fraction of sp³-hybridized carbons (Fsp3) is 0.818. The molecule has 118 valence electrons. The Morgan fingerprint density at radius 1 is 1.20 bits per heavy atom. The maximum atomic E-state index is 11.3. The van der Waals surface area contributed by atoms with Crippen molar-refractivity contribution in [2.24, 2.45) is 5.92 Å². The van der Waals surface area contributed by atoms with Crippen LogP contribution in [-0.4, -0.2) is 50.6 Å². The molecule has 0 fully saturated rings. The fourth-order valence-electron chi connectivity index (χ4n) is 0.999. The molecule has 0 saturated heterocycles. The summed E-state index contributed by atoms with van der Waals surface area (Å²) in [5, 5.41) is 11.0. The van der Waals surface area contributed by atoms with Crippen LogP contribution >= 0.6 is 8.60 Å². The van der Waals surface area contributed by atoms with Crippen LogP contribution in [0.15, 0.2) is 0 Å². The van der Waals surface area contributed by atoms with E-state index in [9.17, 15) is 9.59 Å². The second kappa shape index (κ2) is 11.8. The van der Waals surface area contributed by atoms with Crippen molar-refractivity contribution < 1.29 is 33.0 Å². The maximum absolute atomic E-state index is 11.3. The fourth-order valence-corrected chi connectivity index (χ4v) is 1.80. The Labute approximate surface area is 119 Å². The molecule has 0 rings (SSSR count). The second-order valence-corrected chi connectivity index (χ2v) is 5.32. The summed E-state index contributed by atoms with van der Waals surface area (Å²) in [6.07, 6.45) is -0.891. The van der Waals surface area contributed by atoms with Crippen LogP contribution in [0.4, 0.5) is 4.79 Å². The highest BCUT2D eigenvalue weighted by molar-refractivity contribution is 7.41. The Kier molecular flexibility index (Phi) is 11.3. The Balaban J connectivity index is 3.56. The topological polar surface area (TPSA) is 103 Å². The molecule has 0 saturated carbocycles. The molecule has 20 heavy (non-hydrogen) atoms. The number of carbonyl (C=O) groups is 2. The van der Waals surface area contributed by atoms with Crippen molar-refractivity contribution >= 4 is 20.7 Å². The van der Waals surface area contributed by atoms with Gasteiger partial charge in [-0.25, -0.2) is 4.79 Å². The lowest BCUT2D eigenvalue weighted by Crippen LogP contribution is -2.30. The molecule has 0 aliphatic rings. The number of amides is 1. The highest BCUT2D eigenvalue weighted by Crippen LogP contribution is 2.38. The van der Waals surface area contributed by atoms with Gasteiger partial charge in [0, 0.05) is 26.0 Å². The molecule has 0 aromatic rings. The minimum absolute atomic E-state index is 0.0397. The molecule has 0 aliphatic heterocycles.